The van der Waals surface area contributed by atoms with Crippen molar-refractivity contribution in [2.24, 2.45) is 0 Å². The van der Waals surface area contributed by atoms with Crippen LogP contribution in [0.4, 0.5) is 5.82 Å². The first-order valence-electron chi connectivity index (χ1n) is 3.97. The van der Waals surface area contributed by atoms with Gasteiger partial charge in [0.05, 0.1) is 12.6 Å². The Hall–Kier alpha value is -1.55. The van der Waals surface area contributed by atoms with Gasteiger partial charge in [-0.05, 0) is 23.7 Å². The van der Waals surface area contributed by atoms with Gasteiger partial charge in [0.1, 0.15) is 11.6 Å². The molecule has 0 amide bonds. The molecular weight excluding hydrogens is 202 g/mol. The van der Waals surface area contributed by atoms with Crippen LogP contribution in [-0.2, 0) is 0 Å². The first kappa shape index (κ1) is 9.02. The topological polar surface area (TPSA) is 61.0 Å². The van der Waals surface area contributed by atoms with E-state index in [1.807, 2.05) is 0 Å². The molecule has 0 unspecified atom stereocenters. The molecule has 0 fully saturated rings. The maximum absolute atomic E-state index is 5.68. The second-order valence-electron chi connectivity index (χ2n) is 2.76. The van der Waals surface area contributed by atoms with E-state index in [0.717, 1.165) is 5.39 Å². The average Bonchev–Trinajstić information content (AvgIpc) is 2.16. The zero-order valence-electron chi connectivity index (χ0n) is 7.49. The molecule has 0 spiro atoms. The lowest BCUT2D eigenvalue weighted by Crippen LogP contribution is -1.95. The molecular formula is C9H8ClN3O. The second-order valence-corrected chi connectivity index (χ2v) is 3.10. The fourth-order valence-electron chi connectivity index (χ4n) is 1.23. The highest BCUT2D eigenvalue weighted by molar-refractivity contribution is 6.28. The average molecular weight is 210 g/mol. The maximum atomic E-state index is 5.68. The summed E-state index contributed by atoms with van der Waals surface area (Å²) in [5.41, 5.74) is 6.35. The van der Waals surface area contributed by atoms with Crippen LogP contribution in [-0.4, -0.2) is 17.1 Å². The molecule has 1 aromatic heterocycles. The van der Waals surface area contributed by atoms with Crippen LogP contribution in [0.5, 0.6) is 5.75 Å². The number of nitrogens with two attached hydrogens (primary N) is 1. The lowest BCUT2D eigenvalue weighted by molar-refractivity contribution is 0.415. The quantitative estimate of drug-likeness (QED) is 0.729. The molecule has 0 saturated carbocycles. The number of hydrogen-bond acceptors (Lipinski definition) is 4. The van der Waals surface area contributed by atoms with Crippen molar-refractivity contribution in [3.05, 3.63) is 23.5 Å². The van der Waals surface area contributed by atoms with Gasteiger partial charge in [-0.1, -0.05) is 0 Å². The Morgan fingerprint density at radius 3 is 2.86 bits per heavy atom. The molecule has 1 heterocycles. The molecule has 2 N–H and O–H groups in total. The number of nitrogens with zero attached hydrogens (tertiary/aromatic N) is 2. The molecule has 4 nitrogen and oxygen atoms in total. The standard InChI is InChI=1S/C9H8ClN3O/c1-14-5-2-3-6-7(4-5)12-9(10)13-8(6)11/h2-4H,1H3,(H2,11,12,13). The van der Waals surface area contributed by atoms with Gasteiger partial charge in [-0.25, -0.2) is 9.97 Å². The largest absolute Gasteiger partial charge is 0.497 e. The van der Waals surface area contributed by atoms with Crippen LogP contribution in [0.1, 0.15) is 0 Å². The van der Waals surface area contributed by atoms with Gasteiger partial charge in [0, 0.05) is 11.5 Å². The number of anilines is 1. The summed E-state index contributed by atoms with van der Waals surface area (Å²) >= 11 is 5.68. The molecule has 0 bridgehead atoms. The summed E-state index contributed by atoms with van der Waals surface area (Å²) in [6, 6.07) is 5.37. The highest BCUT2D eigenvalue weighted by atomic mass is 35.5. The molecule has 0 radical (unpaired) electrons. The Bertz CT molecular complexity index is 487. The van der Waals surface area contributed by atoms with Crippen molar-refractivity contribution in [2.45, 2.75) is 0 Å². The molecule has 2 rings (SSSR count). The number of methoxy groups -OCH3 is 1. The third-order valence-electron chi connectivity index (χ3n) is 1.91. The third kappa shape index (κ3) is 1.44. The summed E-state index contributed by atoms with van der Waals surface area (Å²) in [6.07, 6.45) is 0. The van der Waals surface area contributed by atoms with Gasteiger partial charge in [-0.2, -0.15) is 0 Å². The first-order chi connectivity index (χ1) is 6.70. The highest BCUT2D eigenvalue weighted by Gasteiger charge is 2.04. The number of benzene rings is 1. The van der Waals surface area contributed by atoms with Gasteiger partial charge in [0.2, 0.25) is 5.28 Å². The fourth-order valence-corrected chi connectivity index (χ4v) is 1.41. The minimum atomic E-state index is 0.142. The molecule has 0 aliphatic carbocycles. The summed E-state index contributed by atoms with van der Waals surface area (Å²) in [4.78, 5) is 7.89. The zero-order valence-corrected chi connectivity index (χ0v) is 8.25. The van der Waals surface area contributed by atoms with E-state index in [1.165, 1.54) is 0 Å². The molecule has 1 aromatic carbocycles. The van der Waals surface area contributed by atoms with Crippen LogP contribution in [0, 0.1) is 0 Å². The van der Waals surface area contributed by atoms with E-state index >= 15 is 0 Å². The summed E-state index contributed by atoms with van der Waals surface area (Å²) in [5, 5.41) is 0.915. The van der Waals surface area contributed by atoms with E-state index in [9.17, 15) is 0 Å². The van der Waals surface area contributed by atoms with Gasteiger partial charge in [0.15, 0.2) is 0 Å². The molecule has 0 aliphatic rings. The fraction of sp³-hybridized carbons (Fsp3) is 0.111. The van der Waals surface area contributed by atoms with E-state index in [-0.39, 0.29) is 5.28 Å². The van der Waals surface area contributed by atoms with Crippen molar-refractivity contribution in [3.8, 4) is 5.75 Å². The molecule has 14 heavy (non-hydrogen) atoms. The van der Waals surface area contributed by atoms with Crippen LogP contribution in [0.25, 0.3) is 10.9 Å². The Balaban J connectivity index is 2.75. The van der Waals surface area contributed by atoms with Gasteiger partial charge < -0.3 is 10.5 Å². The number of fused-ring (bicyclic) bond motifs is 1. The number of ether oxygens (including phenoxy) is 1. The summed E-state index contributed by atoms with van der Waals surface area (Å²) in [7, 11) is 1.59. The molecule has 72 valence electrons. The lowest BCUT2D eigenvalue weighted by Gasteiger charge is -2.03. The van der Waals surface area contributed by atoms with Crippen molar-refractivity contribution < 1.29 is 4.74 Å². The van der Waals surface area contributed by atoms with Crippen molar-refractivity contribution in [1.29, 1.82) is 0 Å². The Morgan fingerprint density at radius 2 is 2.14 bits per heavy atom. The maximum Gasteiger partial charge on any atom is 0.224 e. The Labute approximate surface area is 85.7 Å². The number of hydrogen-bond donors (Lipinski definition) is 1. The molecule has 5 heteroatoms. The molecule has 0 aliphatic heterocycles. The van der Waals surface area contributed by atoms with Crippen LogP contribution in [0.2, 0.25) is 5.28 Å². The summed E-state index contributed by atoms with van der Waals surface area (Å²) in [5.74, 6) is 1.09. The van der Waals surface area contributed by atoms with Crippen LogP contribution < -0.4 is 10.5 Å². The molecule has 0 atom stereocenters. The lowest BCUT2D eigenvalue weighted by atomic mass is 10.2. The van der Waals surface area contributed by atoms with E-state index in [0.29, 0.717) is 17.1 Å². The zero-order chi connectivity index (χ0) is 10.1. The third-order valence-corrected chi connectivity index (χ3v) is 2.08. The van der Waals surface area contributed by atoms with Gasteiger partial charge in [-0.15, -0.1) is 0 Å². The van der Waals surface area contributed by atoms with Crippen LogP contribution in [0.15, 0.2) is 18.2 Å². The predicted molar refractivity (Wildman–Crippen MR) is 55.5 cm³/mol. The first-order valence-corrected chi connectivity index (χ1v) is 4.35. The van der Waals surface area contributed by atoms with E-state index < -0.39 is 0 Å². The van der Waals surface area contributed by atoms with E-state index in [1.54, 1.807) is 25.3 Å². The van der Waals surface area contributed by atoms with Crippen molar-refractivity contribution in [1.82, 2.24) is 9.97 Å². The van der Waals surface area contributed by atoms with Crippen LogP contribution >= 0.6 is 11.6 Å². The SMILES string of the molecule is COc1ccc2c(N)nc(Cl)nc2c1. The number of nitrogen functional groups attached to an aromatic ring is 1. The minimum absolute atomic E-state index is 0.142. The van der Waals surface area contributed by atoms with Gasteiger partial charge in [-0.3, -0.25) is 0 Å². The minimum Gasteiger partial charge on any atom is -0.497 e. The second kappa shape index (κ2) is 3.31. The molecule has 0 saturated heterocycles. The van der Waals surface area contributed by atoms with Crippen molar-refractivity contribution in [3.63, 3.8) is 0 Å². The van der Waals surface area contributed by atoms with E-state index in [4.69, 9.17) is 22.1 Å². The monoisotopic (exact) mass is 209 g/mol. The summed E-state index contributed by atoms with van der Waals surface area (Å²) < 4.78 is 5.06. The summed E-state index contributed by atoms with van der Waals surface area (Å²) in [6.45, 7) is 0. The number of halogens is 1. The number of rotatable bonds is 1. The molecule has 2 aromatic rings. The predicted octanol–water partition coefficient (Wildman–Crippen LogP) is 1.87. The Kier molecular flexibility index (Phi) is 2.13. The van der Waals surface area contributed by atoms with Gasteiger partial charge >= 0.3 is 0 Å². The van der Waals surface area contributed by atoms with Crippen molar-refractivity contribution >= 4 is 28.3 Å². The van der Waals surface area contributed by atoms with Crippen molar-refractivity contribution in [2.75, 3.05) is 12.8 Å². The van der Waals surface area contributed by atoms with Gasteiger partial charge in [0.25, 0.3) is 0 Å². The highest BCUT2D eigenvalue weighted by Crippen LogP contribution is 2.23. The van der Waals surface area contributed by atoms with E-state index in [2.05, 4.69) is 9.97 Å². The van der Waals surface area contributed by atoms with Crippen LogP contribution in [0.3, 0.4) is 0 Å². The Morgan fingerprint density at radius 1 is 1.36 bits per heavy atom. The normalized spacial score (nSPS) is 10.4. The smallest absolute Gasteiger partial charge is 0.224 e. The number of aromatic nitrogens is 2.